The Hall–Kier alpha value is -2.37. The first-order valence-corrected chi connectivity index (χ1v) is 10.6. The molecule has 0 aliphatic heterocycles. The molecule has 0 saturated heterocycles. The van der Waals surface area contributed by atoms with Crippen LogP contribution in [0, 0.1) is 0 Å². The van der Waals surface area contributed by atoms with Crippen molar-refractivity contribution in [2.24, 2.45) is 0 Å². The van der Waals surface area contributed by atoms with E-state index in [0.717, 1.165) is 21.9 Å². The lowest BCUT2D eigenvalue weighted by Crippen LogP contribution is -2.15. The number of imidazole rings is 1. The topological polar surface area (TPSA) is 58.3 Å². The molecule has 0 fully saturated rings. The molecule has 1 aromatic heterocycles. The monoisotopic (exact) mass is 440 g/mol. The number of aliphatic hydroxyl groups excluding tert-OH is 2. The van der Waals surface area contributed by atoms with E-state index in [-0.39, 0.29) is 12.5 Å². The Morgan fingerprint density at radius 3 is 2.43 bits per heavy atom. The van der Waals surface area contributed by atoms with E-state index in [4.69, 9.17) is 23.2 Å². The van der Waals surface area contributed by atoms with Crippen LogP contribution in [0.25, 0.3) is 10.8 Å². The van der Waals surface area contributed by atoms with Crippen LogP contribution in [0.3, 0.4) is 0 Å². The summed E-state index contributed by atoms with van der Waals surface area (Å²) in [5.41, 5.74) is 1.77. The van der Waals surface area contributed by atoms with E-state index in [2.05, 4.69) is 4.98 Å². The molecule has 1 heterocycles. The molecule has 6 heteroatoms. The molecule has 2 unspecified atom stereocenters. The van der Waals surface area contributed by atoms with Crippen molar-refractivity contribution in [3.8, 4) is 0 Å². The molecule has 0 amide bonds. The second-order valence-corrected chi connectivity index (χ2v) is 8.14. The molecular formula is C24H22Cl2N2O2. The summed E-state index contributed by atoms with van der Waals surface area (Å²) >= 11 is 12.2. The first kappa shape index (κ1) is 20.9. The number of fused-ring (bicyclic) bond motifs is 1. The van der Waals surface area contributed by atoms with Crippen molar-refractivity contribution in [2.75, 3.05) is 6.61 Å². The number of rotatable bonds is 7. The molecule has 0 radical (unpaired) electrons. The van der Waals surface area contributed by atoms with E-state index >= 15 is 0 Å². The minimum Gasteiger partial charge on any atom is -0.396 e. The fourth-order valence-corrected chi connectivity index (χ4v) is 4.08. The normalized spacial score (nSPS) is 13.5. The van der Waals surface area contributed by atoms with E-state index < -0.39 is 6.10 Å². The zero-order valence-electron chi connectivity index (χ0n) is 16.2. The van der Waals surface area contributed by atoms with Crippen LogP contribution < -0.4 is 0 Å². The van der Waals surface area contributed by atoms with Crippen LogP contribution in [0.15, 0.2) is 73.1 Å². The minimum atomic E-state index is -0.854. The summed E-state index contributed by atoms with van der Waals surface area (Å²) in [7, 11) is 0. The van der Waals surface area contributed by atoms with Crippen molar-refractivity contribution in [2.45, 2.75) is 25.0 Å². The van der Waals surface area contributed by atoms with Crippen LogP contribution in [0.4, 0.5) is 0 Å². The fourth-order valence-electron chi connectivity index (χ4n) is 3.77. The minimum absolute atomic E-state index is 0.00141. The van der Waals surface area contributed by atoms with Crippen molar-refractivity contribution in [3.05, 3.63) is 100 Å². The van der Waals surface area contributed by atoms with E-state index in [1.165, 1.54) is 0 Å². The Morgan fingerprint density at radius 1 is 0.900 bits per heavy atom. The van der Waals surface area contributed by atoms with E-state index in [1.807, 2.05) is 65.4 Å². The molecule has 0 spiro atoms. The summed E-state index contributed by atoms with van der Waals surface area (Å²) in [5.74, 6) is 0.565. The molecule has 0 bridgehead atoms. The van der Waals surface area contributed by atoms with Gasteiger partial charge in [0.1, 0.15) is 11.9 Å². The van der Waals surface area contributed by atoms with Gasteiger partial charge in [-0.05, 0) is 46.5 Å². The van der Waals surface area contributed by atoms with Gasteiger partial charge in [0.2, 0.25) is 0 Å². The van der Waals surface area contributed by atoms with Gasteiger partial charge in [-0.25, -0.2) is 4.98 Å². The highest BCUT2D eigenvalue weighted by Crippen LogP contribution is 2.31. The van der Waals surface area contributed by atoms with Crippen molar-refractivity contribution >= 4 is 34.0 Å². The van der Waals surface area contributed by atoms with Gasteiger partial charge >= 0.3 is 0 Å². The second kappa shape index (κ2) is 9.19. The predicted molar refractivity (Wildman–Crippen MR) is 121 cm³/mol. The summed E-state index contributed by atoms with van der Waals surface area (Å²) in [4.78, 5) is 4.41. The summed E-state index contributed by atoms with van der Waals surface area (Å²) in [6.07, 6.45) is 3.24. The molecule has 4 aromatic rings. The SMILES string of the molecule is OCCC(Cn1ccnc1C(O)c1ccc2ccccc2c1)c1ccc(Cl)c(Cl)c1. The Morgan fingerprint density at radius 2 is 1.67 bits per heavy atom. The maximum Gasteiger partial charge on any atom is 0.142 e. The Bertz CT molecular complexity index is 1160. The van der Waals surface area contributed by atoms with Crippen LogP contribution in [0.1, 0.15) is 35.4 Å². The summed E-state index contributed by atoms with van der Waals surface area (Å²) < 4.78 is 1.93. The molecule has 2 N–H and O–H groups in total. The third-order valence-corrected chi connectivity index (χ3v) is 6.13. The summed E-state index contributed by atoms with van der Waals surface area (Å²) in [5, 5.41) is 23.8. The van der Waals surface area contributed by atoms with Gasteiger partial charge < -0.3 is 14.8 Å². The smallest absolute Gasteiger partial charge is 0.142 e. The van der Waals surface area contributed by atoms with Crippen LogP contribution >= 0.6 is 23.2 Å². The highest BCUT2D eigenvalue weighted by molar-refractivity contribution is 6.42. The zero-order valence-corrected chi connectivity index (χ0v) is 17.8. The maximum atomic E-state index is 11.0. The first-order valence-electron chi connectivity index (χ1n) is 9.80. The Labute approximate surface area is 185 Å². The first-order chi connectivity index (χ1) is 14.6. The quantitative estimate of drug-likeness (QED) is 0.393. The third kappa shape index (κ3) is 4.37. The molecule has 30 heavy (non-hydrogen) atoms. The molecule has 4 rings (SSSR count). The second-order valence-electron chi connectivity index (χ2n) is 7.33. The van der Waals surface area contributed by atoms with E-state index in [1.54, 1.807) is 12.3 Å². The van der Waals surface area contributed by atoms with E-state index in [0.29, 0.717) is 28.8 Å². The number of halogens is 2. The van der Waals surface area contributed by atoms with Gasteiger partial charge in [0.15, 0.2) is 0 Å². The maximum absolute atomic E-state index is 11.0. The molecule has 0 saturated carbocycles. The summed E-state index contributed by atoms with van der Waals surface area (Å²) in [6, 6.07) is 19.5. The highest BCUT2D eigenvalue weighted by Gasteiger charge is 2.20. The molecule has 0 aliphatic carbocycles. The molecule has 3 aromatic carbocycles. The van der Waals surface area contributed by atoms with Gasteiger partial charge in [-0.2, -0.15) is 0 Å². The van der Waals surface area contributed by atoms with Gasteiger partial charge in [-0.3, -0.25) is 0 Å². The number of aliphatic hydroxyl groups is 2. The van der Waals surface area contributed by atoms with Gasteiger partial charge in [0.25, 0.3) is 0 Å². The van der Waals surface area contributed by atoms with Crippen molar-refractivity contribution in [3.63, 3.8) is 0 Å². The molecule has 2 atom stereocenters. The standard InChI is InChI=1S/C24H22Cl2N2O2/c25-21-8-7-18(14-22(21)26)20(9-12-29)15-28-11-10-27-24(28)23(30)19-6-5-16-3-1-2-4-17(16)13-19/h1-8,10-11,13-14,20,23,29-30H,9,12,15H2. The average Bonchev–Trinajstić information content (AvgIpc) is 3.22. The number of hydrogen-bond acceptors (Lipinski definition) is 3. The number of aromatic nitrogens is 2. The average molecular weight is 441 g/mol. The molecule has 154 valence electrons. The van der Waals surface area contributed by atoms with Gasteiger partial charge in [-0.1, -0.05) is 65.7 Å². The zero-order chi connectivity index (χ0) is 21.1. The Kier molecular flexibility index (Phi) is 6.40. The van der Waals surface area contributed by atoms with Crippen LogP contribution in [0.5, 0.6) is 0 Å². The fraction of sp³-hybridized carbons (Fsp3) is 0.208. The van der Waals surface area contributed by atoms with Crippen LogP contribution in [-0.4, -0.2) is 26.4 Å². The predicted octanol–water partition coefficient (Wildman–Crippen LogP) is 5.59. The lowest BCUT2D eigenvalue weighted by Gasteiger charge is -2.21. The van der Waals surface area contributed by atoms with Crippen LogP contribution in [0.2, 0.25) is 10.0 Å². The molecule has 4 nitrogen and oxygen atoms in total. The number of hydrogen-bond donors (Lipinski definition) is 2. The van der Waals surface area contributed by atoms with Crippen molar-refractivity contribution in [1.82, 2.24) is 9.55 Å². The van der Waals surface area contributed by atoms with Crippen molar-refractivity contribution in [1.29, 1.82) is 0 Å². The highest BCUT2D eigenvalue weighted by atomic mass is 35.5. The van der Waals surface area contributed by atoms with Crippen molar-refractivity contribution < 1.29 is 10.2 Å². The third-order valence-electron chi connectivity index (χ3n) is 5.39. The lowest BCUT2D eigenvalue weighted by molar-refractivity contribution is 0.202. The molecular weight excluding hydrogens is 419 g/mol. The van der Waals surface area contributed by atoms with Gasteiger partial charge in [0, 0.05) is 31.5 Å². The largest absolute Gasteiger partial charge is 0.396 e. The summed E-state index contributed by atoms with van der Waals surface area (Å²) in [6.45, 7) is 0.598. The van der Waals surface area contributed by atoms with Gasteiger partial charge in [-0.15, -0.1) is 0 Å². The molecule has 0 aliphatic rings. The van der Waals surface area contributed by atoms with Gasteiger partial charge in [0.05, 0.1) is 10.0 Å². The van der Waals surface area contributed by atoms with Crippen LogP contribution in [-0.2, 0) is 6.54 Å². The number of benzene rings is 3. The number of nitrogens with zero attached hydrogens (tertiary/aromatic N) is 2. The Balaban J connectivity index is 1.62. The lowest BCUT2D eigenvalue weighted by atomic mass is 9.95. The van der Waals surface area contributed by atoms with E-state index in [9.17, 15) is 10.2 Å².